The smallest absolute Gasteiger partial charge is 0.387 e. The third-order valence-corrected chi connectivity index (χ3v) is 3.64. The molecule has 0 aliphatic heterocycles. The summed E-state index contributed by atoms with van der Waals surface area (Å²) in [7, 11) is 1.69. The Labute approximate surface area is 130 Å². The molecule has 0 unspecified atom stereocenters. The second-order valence-electron chi connectivity index (χ2n) is 5.57. The summed E-state index contributed by atoms with van der Waals surface area (Å²) in [6.45, 7) is 0.349. The van der Waals surface area contributed by atoms with Gasteiger partial charge in [0.1, 0.15) is 5.75 Å². The van der Waals surface area contributed by atoms with Crippen LogP contribution in [0.1, 0.15) is 30.4 Å². The Morgan fingerprint density at radius 2 is 2.14 bits per heavy atom. The van der Waals surface area contributed by atoms with Crippen LogP contribution in [0.5, 0.6) is 5.75 Å². The van der Waals surface area contributed by atoms with Crippen LogP contribution in [0.3, 0.4) is 0 Å². The van der Waals surface area contributed by atoms with Gasteiger partial charge in [0.2, 0.25) is 0 Å². The fraction of sp³-hybridized carbons (Fsp3) is 0.562. The summed E-state index contributed by atoms with van der Waals surface area (Å²) < 4.78 is 29.4. The minimum atomic E-state index is -2.82. The predicted octanol–water partition coefficient (Wildman–Crippen LogP) is 3.06. The lowest BCUT2D eigenvalue weighted by molar-refractivity contribution is -0.0504. The van der Waals surface area contributed by atoms with Crippen LogP contribution < -0.4 is 15.4 Å². The number of hydrogen-bond acceptors (Lipinski definition) is 2. The van der Waals surface area contributed by atoms with E-state index in [1.807, 2.05) is 13.0 Å². The van der Waals surface area contributed by atoms with Gasteiger partial charge in [0.25, 0.3) is 0 Å². The maximum atomic E-state index is 12.4. The zero-order valence-electron chi connectivity index (χ0n) is 13.0. The van der Waals surface area contributed by atoms with Crippen molar-refractivity contribution in [2.75, 3.05) is 13.6 Å². The van der Waals surface area contributed by atoms with Crippen molar-refractivity contribution in [3.8, 4) is 5.75 Å². The summed E-state index contributed by atoms with van der Waals surface area (Å²) >= 11 is 0. The molecular formula is C16H23F2N3O. The van der Waals surface area contributed by atoms with Gasteiger partial charge in [-0.1, -0.05) is 30.5 Å². The van der Waals surface area contributed by atoms with Crippen LogP contribution in [0.4, 0.5) is 8.78 Å². The van der Waals surface area contributed by atoms with E-state index in [2.05, 4.69) is 20.4 Å². The van der Waals surface area contributed by atoms with Gasteiger partial charge in [0.15, 0.2) is 5.96 Å². The monoisotopic (exact) mass is 311 g/mol. The molecule has 0 radical (unpaired) electrons. The summed E-state index contributed by atoms with van der Waals surface area (Å²) in [4.78, 5) is 4.14. The van der Waals surface area contributed by atoms with Crippen molar-refractivity contribution in [2.45, 2.75) is 39.3 Å². The number of aliphatic imine (C=N–C) groups is 1. The fourth-order valence-electron chi connectivity index (χ4n) is 2.26. The third kappa shape index (κ3) is 5.50. The van der Waals surface area contributed by atoms with Gasteiger partial charge in [-0.05, 0) is 25.3 Å². The number of guanidine groups is 1. The number of benzene rings is 1. The quantitative estimate of drug-likeness (QED) is 0.601. The van der Waals surface area contributed by atoms with Gasteiger partial charge < -0.3 is 15.4 Å². The Balaban J connectivity index is 1.88. The lowest BCUT2D eigenvalue weighted by Crippen LogP contribution is -2.37. The van der Waals surface area contributed by atoms with Gasteiger partial charge in [-0.3, -0.25) is 4.99 Å². The molecule has 4 nitrogen and oxygen atoms in total. The highest BCUT2D eigenvalue weighted by molar-refractivity contribution is 5.79. The molecule has 1 aromatic rings. The van der Waals surface area contributed by atoms with Gasteiger partial charge >= 0.3 is 6.61 Å². The van der Waals surface area contributed by atoms with Crippen LogP contribution in [0, 0.1) is 12.8 Å². The molecular weight excluding hydrogens is 288 g/mol. The number of nitrogens with one attached hydrogen (secondary N) is 2. The molecule has 122 valence electrons. The second-order valence-corrected chi connectivity index (χ2v) is 5.57. The zero-order chi connectivity index (χ0) is 15.9. The molecule has 0 bridgehead atoms. The van der Waals surface area contributed by atoms with Crippen molar-refractivity contribution in [3.05, 3.63) is 29.3 Å². The molecule has 1 aromatic carbocycles. The van der Waals surface area contributed by atoms with Crippen molar-refractivity contribution in [2.24, 2.45) is 10.9 Å². The SMILES string of the molecule is CN=C(NCCC1CC1)NCc1cc(C)ccc1OC(F)F. The Kier molecular flexibility index (Phi) is 5.98. The Hall–Kier alpha value is -1.85. The highest BCUT2D eigenvalue weighted by Crippen LogP contribution is 2.31. The first-order valence-electron chi connectivity index (χ1n) is 7.57. The van der Waals surface area contributed by atoms with Gasteiger partial charge in [-0.2, -0.15) is 8.78 Å². The van der Waals surface area contributed by atoms with Crippen molar-refractivity contribution >= 4 is 5.96 Å². The number of halogens is 2. The summed E-state index contributed by atoms with van der Waals surface area (Å²) in [5, 5.41) is 6.37. The molecule has 0 aromatic heterocycles. The number of aryl methyl sites for hydroxylation is 1. The molecule has 1 saturated carbocycles. The van der Waals surface area contributed by atoms with Crippen LogP contribution in [0.25, 0.3) is 0 Å². The van der Waals surface area contributed by atoms with Crippen molar-refractivity contribution in [1.29, 1.82) is 0 Å². The topological polar surface area (TPSA) is 45.7 Å². The van der Waals surface area contributed by atoms with E-state index in [0.29, 0.717) is 18.1 Å². The molecule has 2 rings (SSSR count). The van der Waals surface area contributed by atoms with E-state index in [1.165, 1.54) is 12.8 Å². The van der Waals surface area contributed by atoms with Crippen LogP contribution in [-0.2, 0) is 6.54 Å². The fourth-order valence-corrected chi connectivity index (χ4v) is 2.26. The standard InChI is InChI=1S/C16H23F2N3O/c1-11-3-6-14(22-15(17)18)13(9-11)10-21-16(19-2)20-8-7-12-4-5-12/h3,6,9,12,15H,4-5,7-8,10H2,1-2H3,(H2,19,20,21). The molecule has 0 heterocycles. The normalized spacial score (nSPS) is 15.0. The van der Waals surface area contributed by atoms with Gasteiger partial charge in [0, 0.05) is 25.7 Å². The molecule has 6 heteroatoms. The Morgan fingerprint density at radius 3 is 2.77 bits per heavy atom. The maximum absolute atomic E-state index is 12.4. The van der Waals surface area contributed by atoms with Crippen molar-refractivity contribution in [1.82, 2.24) is 10.6 Å². The number of nitrogens with zero attached hydrogens (tertiary/aromatic N) is 1. The largest absolute Gasteiger partial charge is 0.434 e. The van der Waals surface area contributed by atoms with E-state index >= 15 is 0 Å². The highest BCUT2D eigenvalue weighted by atomic mass is 19.3. The van der Waals surface area contributed by atoms with E-state index in [9.17, 15) is 8.78 Å². The minimum Gasteiger partial charge on any atom is -0.434 e. The van der Waals surface area contributed by atoms with Gasteiger partial charge in [-0.15, -0.1) is 0 Å². The first-order valence-corrected chi connectivity index (χ1v) is 7.57. The average molecular weight is 311 g/mol. The van der Waals surface area contributed by atoms with E-state index in [0.717, 1.165) is 24.4 Å². The summed E-state index contributed by atoms with van der Waals surface area (Å²) in [6.07, 6.45) is 3.79. The summed E-state index contributed by atoms with van der Waals surface area (Å²) in [5.41, 5.74) is 1.68. The number of alkyl halides is 2. The van der Waals surface area contributed by atoms with Gasteiger partial charge in [-0.25, -0.2) is 0 Å². The molecule has 1 fully saturated rings. The van der Waals surface area contributed by atoms with Crippen LogP contribution >= 0.6 is 0 Å². The number of hydrogen-bond donors (Lipinski definition) is 2. The maximum Gasteiger partial charge on any atom is 0.387 e. The van der Waals surface area contributed by atoms with Crippen LogP contribution in [-0.4, -0.2) is 26.2 Å². The molecule has 0 amide bonds. The Bertz CT molecular complexity index is 516. The molecule has 1 aliphatic carbocycles. The molecule has 1 aliphatic rings. The molecule has 2 N–H and O–H groups in total. The second kappa shape index (κ2) is 7.96. The van der Waals surface area contributed by atoms with E-state index in [1.54, 1.807) is 19.2 Å². The van der Waals surface area contributed by atoms with E-state index in [-0.39, 0.29) is 5.75 Å². The number of rotatable bonds is 7. The zero-order valence-corrected chi connectivity index (χ0v) is 13.0. The lowest BCUT2D eigenvalue weighted by atomic mass is 10.1. The summed E-state index contributed by atoms with van der Waals surface area (Å²) in [6, 6.07) is 5.16. The molecule has 0 spiro atoms. The third-order valence-electron chi connectivity index (χ3n) is 3.64. The molecule has 0 atom stereocenters. The van der Waals surface area contributed by atoms with Gasteiger partial charge in [0.05, 0.1) is 0 Å². The van der Waals surface area contributed by atoms with E-state index < -0.39 is 6.61 Å². The van der Waals surface area contributed by atoms with Crippen molar-refractivity contribution in [3.63, 3.8) is 0 Å². The van der Waals surface area contributed by atoms with E-state index in [4.69, 9.17) is 0 Å². The average Bonchev–Trinajstić information content (AvgIpc) is 3.29. The predicted molar refractivity (Wildman–Crippen MR) is 83.4 cm³/mol. The summed E-state index contributed by atoms with van der Waals surface area (Å²) in [5.74, 6) is 1.72. The van der Waals surface area contributed by atoms with Crippen molar-refractivity contribution < 1.29 is 13.5 Å². The first-order chi connectivity index (χ1) is 10.6. The number of ether oxygens (including phenoxy) is 1. The lowest BCUT2D eigenvalue weighted by Gasteiger charge is -2.15. The minimum absolute atomic E-state index is 0.196. The van der Waals surface area contributed by atoms with Crippen LogP contribution in [0.15, 0.2) is 23.2 Å². The first kappa shape index (κ1) is 16.5. The Morgan fingerprint density at radius 1 is 1.36 bits per heavy atom. The molecule has 0 saturated heterocycles. The highest BCUT2D eigenvalue weighted by Gasteiger charge is 2.20. The van der Waals surface area contributed by atoms with Crippen LogP contribution in [0.2, 0.25) is 0 Å². The molecule has 22 heavy (non-hydrogen) atoms.